The van der Waals surface area contributed by atoms with Crippen LogP contribution in [-0.2, 0) is 15.8 Å². The van der Waals surface area contributed by atoms with Crippen molar-refractivity contribution in [3.05, 3.63) is 53.6 Å². The fourth-order valence-corrected chi connectivity index (χ4v) is 9.20. The summed E-state index contributed by atoms with van der Waals surface area (Å²) in [5, 5.41) is 0. The highest BCUT2D eigenvalue weighted by Gasteiger charge is 2.57. The van der Waals surface area contributed by atoms with Gasteiger partial charge in [-0.3, -0.25) is 0 Å². The Balaban J connectivity index is 1.40. The minimum atomic E-state index is -1.67. The van der Waals surface area contributed by atoms with Gasteiger partial charge < -0.3 is 13.9 Å². The van der Waals surface area contributed by atoms with Crippen LogP contribution < -0.4 is 4.74 Å². The Hall–Kier alpha value is -1.36. The van der Waals surface area contributed by atoms with E-state index in [0.717, 1.165) is 25.2 Å². The molecule has 0 saturated carbocycles. The van der Waals surface area contributed by atoms with Gasteiger partial charge >= 0.3 is 0 Å². The zero-order chi connectivity index (χ0) is 19.1. The predicted octanol–water partition coefficient (Wildman–Crippen LogP) is 5.49. The average Bonchev–Trinajstić information content (AvgIpc) is 3.17. The molecule has 1 aliphatic heterocycles. The van der Waals surface area contributed by atoms with Crippen molar-refractivity contribution in [2.24, 2.45) is 11.8 Å². The summed E-state index contributed by atoms with van der Waals surface area (Å²) in [6.45, 7) is 8.64. The van der Waals surface area contributed by atoms with Crippen molar-refractivity contribution in [3.8, 4) is 5.75 Å². The molecule has 2 bridgehead atoms. The largest absolute Gasteiger partial charge is 0.497 e. The van der Waals surface area contributed by atoms with E-state index in [1.807, 2.05) is 12.1 Å². The Morgan fingerprint density at radius 1 is 1.22 bits per heavy atom. The molecule has 4 atom stereocenters. The number of rotatable bonds is 6. The van der Waals surface area contributed by atoms with Gasteiger partial charge in [-0.2, -0.15) is 0 Å². The van der Waals surface area contributed by atoms with E-state index in [4.69, 9.17) is 13.9 Å². The second kappa shape index (κ2) is 7.23. The van der Waals surface area contributed by atoms with E-state index in [0.29, 0.717) is 24.0 Å². The maximum absolute atomic E-state index is 6.79. The maximum atomic E-state index is 6.79. The molecule has 0 spiro atoms. The first-order valence-electron chi connectivity index (χ1n) is 10.2. The first-order chi connectivity index (χ1) is 12.9. The van der Waals surface area contributed by atoms with E-state index in [9.17, 15) is 0 Å². The van der Waals surface area contributed by atoms with Crippen molar-refractivity contribution < 1.29 is 13.9 Å². The Kier molecular flexibility index (Phi) is 5.08. The van der Waals surface area contributed by atoms with Gasteiger partial charge in [0.15, 0.2) is 8.32 Å². The standard InChI is InChI=1S/C23H32O3Si/c1-23-15-22(27(3,4)26-23)19(14-18-6-5-7-21(18)23)12-13-25-16-17-8-10-20(24-2)11-9-17/h5-6,8-11,14,19,21-22H,7,12-13,15-16H2,1-4H3/t19-,21+,22+,23-/m0/s1. The number of ether oxygens (including phenoxy) is 2. The molecule has 0 aromatic heterocycles. The molecule has 2 aliphatic carbocycles. The van der Waals surface area contributed by atoms with Gasteiger partial charge in [0.2, 0.25) is 0 Å². The average molecular weight is 385 g/mol. The molecule has 1 heterocycles. The van der Waals surface area contributed by atoms with E-state index < -0.39 is 8.32 Å². The van der Waals surface area contributed by atoms with Gasteiger partial charge in [0.25, 0.3) is 0 Å². The zero-order valence-corrected chi connectivity index (χ0v) is 18.0. The summed E-state index contributed by atoms with van der Waals surface area (Å²) in [6.07, 6.45) is 10.7. The lowest BCUT2D eigenvalue weighted by molar-refractivity contribution is 0.0592. The molecule has 3 nitrogen and oxygen atoms in total. The molecule has 0 radical (unpaired) electrons. The molecular formula is C23H32O3Si. The topological polar surface area (TPSA) is 27.7 Å². The Morgan fingerprint density at radius 2 is 2.00 bits per heavy atom. The van der Waals surface area contributed by atoms with Crippen molar-refractivity contribution in [1.82, 2.24) is 0 Å². The van der Waals surface area contributed by atoms with Gasteiger partial charge in [0, 0.05) is 12.5 Å². The summed E-state index contributed by atoms with van der Waals surface area (Å²) >= 11 is 0. The number of methoxy groups -OCH3 is 1. The molecule has 0 N–H and O–H groups in total. The third-order valence-electron chi connectivity index (χ3n) is 6.78. The molecule has 4 heteroatoms. The number of hydrogen-bond donors (Lipinski definition) is 0. The molecule has 1 aromatic rings. The summed E-state index contributed by atoms with van der Waals surface area (Å²) in [5.74, 6) is 2.02. The number of benzene rings is 1. The van der Waals surface area contributed by atoms with Crippen molar-refractivity contribution in [3.63, 3.8) is 0 Å². The summed E-state index contributed by atoms with van der Waals surface area (Å²) in [5.41, 5.74) is 3.43. The molecule has 0 amide bonds. The third-order valence-corrected chi connectivity index (χ3v) is 10.2. The van der Waals surface area contributed by atoms with Crippen LogP contribution >= 0.6 is 0 Å². The summed E-state index contributed by atoms with van der Waals surface area (Å²) in [7, 11) is 0.0197. The highest BCUT2D eigenvalue weighted by Crippen LogP contribution is 2.57. The van der Waals surface area contributed by atoms with Gasteiger partial charge in [-0.25, -0.2) is 0 Å². The van der Waals surface area contributed by atoms with Gasteiger partial charge in [-0.1, -0.05) is 30.4 Å². The Bertz CT molecular complexity index is 736. The molecule has 1 saturated heterocycles. The fraction of sp³-hybridized carbons (Fsp3) is 0.565. The fourth-order valence-electron chi connectivity index (χ4n) is 5.43. The van der Waals surface area contributed by atoms with E-state index in [1.165, 1.54) is 17.6 Å². The second-order valence-corrected chi connectivity index (χ2v) is 13.2. The van der Waals surface area contributed by atoms with E-state index in [1.54, 1.807) is 7.11 Å². The van der Waals surface area contributed by atoms with Crippen molar-refractivity contribution >= 4 is 8.32 Å². The lowest BCUT2D eigenvalue weighted by Crippen LogP contribution is -2.41. The minimum absolute atomic E-state index is 0.0361. The van der Waals surface area contributed by atoms with Gasteiger partial charge in [0.05, 0.1) is 19.3 Å². The smallest absolute Gasteiger partial charge is 0.191 e. The molecular weight excluding hydrogens is 352 g/mol. The Labute approximate surface area is 164 Å². The summed E-state index contributed by atoms with van der Waals surface area (Å²) in [6, 6.07) is 8.14. The van der Waals surface area contributed by atoms with Crippen LogP contribution in [0, 0.1) is 11.8 Å². The first-order valence-corrected chi connectivity index (χ1v) is 13.2. The summed E-state index contributed by atoms with van der Waals surface area (Å²) < 4.78 is 18.0. The number of fused-ring (bicyclic) bond motifs is 4. The number of hydrogen-bond acceptors (Lipinski definition) is 3. The molecule has 4 rings (SSSR count). The van der Waals surface area contributed by atoms with Gasteiger partial charge in [-0.15, -0.1) is 0 Å². The molecule has 3 aliphatic rings. The Morgan fingerprint density at radius 3 is 2.74 bits per heavy atom. The molecule has 1 fully saturated rings. The normalized spacial score (nSPS) is 33.5. The molecule has 146 valence electrons. The molecule has 1 aromatic carbocycles. The number of allylic oxidation sites excluding steroid dienone is 3. The van der Waals surface area contributed by atoms with Gasteiger partial charge in [-0.05, 0) is 74.0 Å². The predicted molar refractivity (Wildman–Crippen MR) is 111 cm³/mol. The van der Waals surface area contributed by atoms with E-state index in [-0.39, 0.29) is 5.60 Å². The van der Waals surface area contributed by atoms with Crippen LogP contribution in [0.2, 0.25) is 18.6 Å². The van der Waals surface area contributed by atoms with Crippen molar-refractivity contribution in [2.75, 3.05) is 13.7 Å². The highest BCUT2D eigenvalue weighted by molar-refractivity contribution is 6.73. The van der Waals surface area contributed by atoms with Crippen LogP contribution in [-0.4, -0.2) is 27.6 Å². The first kappa shape index (κ1) is 19.0. The second-order valence-electron chi connectivity index (χ2n) is 9.04. The van der Waals surface area contributed by atoms with Crippen molar-refractivity contribution in [1.29, 1.82) is 0 Å². The highest BCUT2D eigenvalue weighted by atomic mass is 28.4. The van der Waals surface area contributed by atoms with Crippen LogP contribution in [0.3, 0.4) is 0 Å². The zero-order valence-electron chi connectivity index (χ0n) is 17.0. The maximum Gasteiger partial charge on any atom is 0.191 e. The van der Waals surface area contributed by atoms with Gasteiger partial charge in [0.1, 0.15) is 5.75 Å². The van der Waals surface area contributed by atoms with E-state index in [2.05, 4.69) is 50.4 Å². The SMILES string of the molecule is COc1ccc(COCC[C@H]2C=C3C=CC[C@H]3[C@]3(C)C[C@H]2[Si](C)(C)O3)cc1. The lowest BCUT2D eigenvalue weighted by Gasteiger charge is -2.36. The minimum Gasteiger partial charge on any atom is -0.497 e. The monoisotopic (exact) mass is 384 g/mol. The van der Waals surface area contributed by atoms with E-state index >= 15 is 0 Å². The van der Waals surface area contributed by atoms with Crippen molar-refractivity contribution in [2.45, 2.75) is 57.0 Å². The van der Waals surface area contributed by atoms with Crippen LogP contribution in [0.1, 0.15) is 31.7 Å². The third kappa shape index (κ3) is 3.67. The van der Waals surface area contributed by atoms with Crippen LogP contribution in [0.4, 0.5) is 0 Å². The van der Waals surface area contributed by atoms with Crippen LogP contribution in [0.25, 0.3) is 0 Å². The molecule has 0 unspecified atom stereocenters. The molecule has 27 heavy (non-hydrogen) atoms. The van der Waals surface area contributed by atoms with Crippen LogP contribution in [0.15, 0.2) is 48.1 Å². The lowest BCUT2D eigenvalue weighted by atomic mass is 9.83. The summed E-state index contributed by atoms with van der Waals surface area (Å²) in [4.78, 5) is 0. The quantitative estimate of drug-likeness (QED) is 0.479. The van der Waals surface area contributed by atoms with Crippen LogP contribution in [0.5, 0.6) is 5.75 Å².